The van der Waals surface area contributed by atoms with Crippen LogP contribution < -0.4 is 10.4 Å². The Labute approximate surface area is 66.8 Å². The smallest absolute Gasteiger partial charge is 0.0519 e. The number of rotatable bonds is 1. The molecule has 0 radical (unpaired) electrons. The van der Waals surface area contributed by atoms with E-state index < -0.39 is 0 Å². The maximum absolute atomic E-state index is 3.31. The number of hydrogen-bond acceptors (Lipinski definition) is 2. The number of nitrogens with zero attached hydrogens (tertiary/aromatic N) is 1. The van der Waals surface area contributed by atoms with Gasteiger partial charge in [-0.2, -0.15) is 0 Å². The second kappa shape index (κ2) is 2.93. The highest BCUT2D eigenvalue weighted by Gasteiger charge is 2.09. The molecule has 0 amide bonds. The van der Waals surface area contributed by atoms with Crippen LogP contribution in [0, 0.1) is 0 Å². The van der Waals surface area contributed by atoms with Crippen molar-refractivity contribution >= 4 is 5.69 Å². The van der Waals surface area contributed by atoms with E-state index in [4.69, 9.17) is 0 Å². The molecule has 58 valence electrons. The van der Waals surface area contributed by atoms with E-state index in [2.05, 4.69) is 34.7 Å². The topological polar surface area (TPSA) is 15.3 Å². The van der Waals surface area contributed by atoms with Crippen molar-refractivity contribution in [2.75, 3.05) is 18.1 Å². The number of hydrazine groups is 1. The SMILES string of the molecule is c1ccc(N2CCCN2)cc1. The molecule has 2 heteroatoms. The first kappa shape index (κ1) is 6.68. The van der Waals surface area contributed by atoms with E-state index in [9.17, 15) is 0 Å². The lowest BCUT2D eigenvalue weighted by Gasteiger charge is -2.16. The number of benzene rings is 1. The normalized spacial score (nSPS) is 17.3. The van der Waals surface area contributed by atoms with Crippen molar-refractivity contribution in [3.8, 4) is 0 Å². The summed E-state index contributed by atoms with van der Waals surface area (Å²) >= 11 is 0. The minimum atomic E-state index is 1.11. The van der Waals surface area contributed by atoms with Gasteiger partial charge < -0.3 is 5.01 Å². The molecule has 1 N–H and O–H groups in total. The molecule has 2 nitrogen and oxygen atoms in total. The molecule has 1 aromatic rings. The quantitative estimate of drug-likeness (QED) is 0.647. The van der Waals surface area contributed by atoms with E-state index in [0.717, 1.165) is 13.1 Å². The fourth-order valence-electron chi connectivity index (χ4n) is 1.36. The summed E-state index contributed by atoms with van der Waals surface area (Å²) in [5.41, 5.74) is 4.57. The minimum Gasteiger partial charge on any atom is -0.308 e. The Bertz CT molecular complexity index is 214. The monoisotopic (exact) mass is 148 g/mol. The Morgan fingerprint density at radius 3 is 2.64 bits per heavy atom. The largest absolute Gasteiger partial charge is 0.308 e. The van der Waals surface area contributed by atoms with Crippen LogP contribution in [0.2, 0.25) is 0 Å². The molecule has 0 aromatic heterocycles. The summed E-state index contributed by atoms with van der Waals surface area (Å²) in [6.45, 7) is 2.24. The van der Waals surface area contributed by atoms with Crippen LogP contribution in [-0.2, 0) is 0 Å². The standard InChI is InChI=1S/C9H12N2/c1-2-5-9(6-3-1)11-8-4-7-10-11/h1-3,5-6,10H,4,7-8H2. The summed E-state index contributed by atoms with van der Waals surface area (Å²) in [4.78, 5) is 0. The molecular weight excluding hydrogens is 136 g/mol. The predicted molar refractivity (Wildman–Crippen MR) is 46.4 cm³/mol. The van der Waals surface area contributed by atoms with Crippen molar-refractivity contribution in [2.24, 2.45) is 0 Å². The molecule has 11 heavy (non-hydrogen) atoms. The van der Waals surface area contributed by atoms with Gasteiger partial charge in [0.05, 0.1) is 5.69 Å². The lowest BCUT2D eigenvalue weighted by Crippen LogP contribution is -2.30. The lowest BCUT2D eigenvalue weighted by atomic mass is 10.3. The molecule has 0 spiro atoms. The third-order valence-corrected chi connectivity index (χ3v) is 1.93. The van der Waals surface area contributed by atoms with Gasteiger partial charge in [-0.3, -0.25) is 0 Å². The average Bonchev–Trinajstić information content (AvgIpc) is 2.58. The molecule has 1 saturated heterocycles. The predicted octanol–water partition coefficient (Wildman–Crippen LogP) is 1.40. The maximum Gasteiger partial charge on any atom is 0.0519 e. The highest BCUT2D eigenvalue weighted by atomic mass is 15.5. The van der Waals surface area contributed by atoms with Gasteiger partial charge in [0.2, 0.25) is 0 Å². The van der Waals surface area contributed by atoms with Crippen LogP contribution >= 0.6 is 0 Å². The third-order valence-electron chi connectivity index (χ3n) is 1.93. The molecule has 0 atom stereocenters. The van der Waals surface area contributed by atoms with Crippen LogP contribution in [0.15, 0.2) is 30.3 Å². The zero-order chi connectivity index (χ0) is 7.52. The molecule has 0 unspecified atom stereocenters. The van der Waals surface area contributed by atoms with Crippen molar-refractivity contribution in [3.05, 3.63) is 30.3 Å². The zero-order valence-corrected chi connectivity index (χ0v) is 6.46. The van der Waals surface area contributed by atoms with Gasteiger partial charge in [0.15, 0.2) is 0 Å². The Kier molecular flexibility index (Phi) is 1.78. The van der Waals surface area contributed by atoms with E-state index in [0.29, 0.717) is 0 Å². The molecule has 0 saturated carbocycles. The summed E-state index contributed by atoms with van der Waals surface area (Å²) in [7, 11) is 0. The van der Waals surface area contributed by atoms with E-state index in [1.165, 1.54) is 12.1 Å². The van der Waals surface area contributed by atoms with Crippen molar-refractivity contribution in [2.45, 2.75) is 6.42 Å². The van der Waals surface area contributed by atoms with E-state index in [1.807, 2.05) is 6.07 Å². The number of para-hydroxylation sites is 1. The van der Waals surface area contributed by atoms with Gasteiger partial charge in [-0.15, -0.1) is 0 Å². The third kappa shape index (κ3) is 1.35. The average molecular weight is 148 g/mol. The zero-order valence-electron chi connectivity index (χ0n) is 6.46. The first-order valence-corrected chi connectivity index (χ1v) is 4.03. The number of anilines is 1. The summed E-state index contributed by atoms with van der Waals surface area (Å²) in [6, 6.07) is 10.4. The first-order chi connectivity index (χ1) is 5.47. The molecule has 1 fully saturated rings. The fourth-order valence-corrected chi connectivity index (χ4v) is 1.36. The second-order valence-corrected chi connectivity index (χ2v) is 2.75. The van der Waals surface area contributed by atoms with Gasteiger partial charge in [0, 0.05) is 13.1 Å². The maximum atomic E-state index is 3.31. The van der Waals surface area contributed by atoms with E-state index in [-0.39, 0.29) is 0 Å². The molecule has 1 aromatic carbocycles. The van der Waals surface area contributed by atoms with Gasteiger partial charge in [-0.1, -0.05) is 18.2 Å². The minimum absolute atomic E-state index is 1.11. The molecule has 1 aliphatic rings. The highest BCUT2D eigenvalue weighted by molar-refractivity contribution is 5.45. The molecule has 2 rings (SSSR count). The number of nitrogens with one attached hydrogen (secondary N) is 1. The Balaban J connectivity index is 2.16. The van der Waals surface area contributed by atoms with Crippen molar-refractivity contribution in [3.63, 3.8) is 0 Å². The van der Waals surface area contributed by atoms with Crippen LogP contribution in [0.5, 0.6) is 0 Å². The highest BCUT2D eigenvalue weighted by Crippen LogP contribution is 2.13. The first-order valence-electron chi connectivity index (χ1n) is 4.03. The van der Waals surface area contributed by atoms with Crippen LogP contribution in [0.1, 0.15) is 6.42 Å². The van der Waals surface area contributed by atoms with Crippen molar-refractivity contribution in [1.82, 2.24) is 5.43 Å². The second-order valence-electron chi connectivity index (χ2n) is 2.75. The summed E-state index contributed by atoms with van der Waals surface area (Å²) in [5, 5.41) is 2.19. The van der Waals surface area contributed by atoms with Gasteiger partial charge in [-0.25, -0.2) is 5.43 Å². The van der Waals surface area contributed by atoms with E-state index in [1.54, 1.807) is 0 Å². The van der Waals surface area contributed by atoms with E-state index >= 15 is 0 Å². The van der Waals surface area contributed by atoms with Crippen LogP contribution in [-0.4, -0.2) is 13.1 Å². The van der Waals surface area contributed by atoms with Crippen molar-refractivity contribution < 1.29 is 0 Å². The van der Waals surface area contributed by atoms with Gasteiger partial charge >= 0.3 is 0 Å². The summed E-state index contributed by atoms with van der Waals surface area (Å²) in [6.07, 6.45) is 1.24. The molecular formula is C9H12N2. The molecule has 0 bridgehead atoms. The van der Waals surface area contributed by atoms with Crippen molar-refractivity contribution in [1.29, 1.82) is 0 Å². The Hall–Kier alpha value is -1.02. The van der Waals surface area contributed by atoms with Crippen LogP contribution in [0.25, 0.3) is 0 Å². The fraction of sp³-hybridized carbons (Fsp3) is 0.333. The molecule has 1 heterocycles. The summed E-state index contributed by atoms with van der Waals surface area (Å²) in [5.74, 6) is 0. The lowest BCUT2D eigenvalue weighted by molar-refractivity contribution is 0.787. The van der Waals surface area contributed by atoms with Crippen LogP contribution in [0.3, 0.4) is 0 Å². The van der Waals surface area contributed by atoms with Gasteiger partial charge in [0.25, 0.3) is 0 Å². The Morgan fingerprint density at radius 2 is 2.00 bits per heavy atom. The summed E-state index contributed by atoms with van der Waals surface area (Å²) < 4.78 is 0. The number of hydrogen-bond donors (Lipinski definition) is 1. The van der Waals surface area contributed by atoms with Gasteiger partial charge in [0.1, 0.15) is 0 Å². The molecule has 1 aliphatic heterocycles. The van der Waals surface area contributed by atoms with Gasteiger partial charge in [-0.05, 0) is 18.6 Å². The molecule has 0 aliphatic carbocycles. The Morgan fingerprint density at radius 1 is 1.18 bits per heavy atom. The van der Waals surface area contributed by atoms with Crippen LogP contribution in [0.4, 0.5) is 5.69 Å².